The Kier molecular flexibility index (Phi) is 4.23. The summed E-state index contributed by atoms with van der Waals surface area (Å²) in [6.07, 6.45) is -0.278. The van der Waals surface area contributed by atoms with E-state index in [1.807, 2.05) is 0 Å². The summed E-state index contributed by atoms with van der Waals surface area (Å²) in [6, 6.07) is 8.50. The molecule has 5 heteroatoms. The van der Waals surface area contributed by atoms with Gasteiger partial charge in [0.05, 0.1) is 6.42 Å². The first-order chi connectivity index (χ1) is 6.72. The molecule has 0 aliphatic carbocycles. The second kappa shape index (κ2) is 5.47. The molecule has 1 atom stereocenters. The molecule has 1 aromatic carbocycles. The minimum absolute atomic E-state index is 0.278. The van der Waals surface area contributed by atoms with Gasteiger partial charge in [0, 0.05) is 0 Å². The lowest BCUT2D eigenvalue weighted by atomic mass is 10.3. The molecule has 1 N–H and O–H groups in total. The fourth-order valence-corrected chi connectivity index (χ4v) is 1.07. The molecule has 0 amide bonds. The fourth-order valence-electron chi connectivity index (χ4n) is 0.848. The maximum absolute atomic E-state index is 11.1. The molecule has 1 aromatic rings. The molecule has 14 heavy (non-hydrogen) atoms. The standard InChI is InChI=1S/C9H9O4P/c10-8(6-9(11)14-12)13-7-4-2-1-3-5-7/h1-5,9,11H,6H2. The van der Waals surface area contributed by atoms with Gasteiger partial charge in [0.25, 0.3) is 0 Å². The molecule has 0 saturated carbocycles. The Morgan fingerprint density at radius 3 is 2.64 bits per heavy atom. The van der Waals surface area contributed by atoms with Gasteiger partial charge < -0.3 is 9.84 Å². The molecule has 0 heterocycles. The number of aliphatic hydroxyl groups is 1. The van der Waals surface area contributed by atoms with Crippen LogP contribution in [-0.4, -0.2) is 16.9 Å². The summed E-state index contributed by atoms with van der Waals surface area (Å²) in [7, 11) is -0.471. The third-order valence-electron chi connectivity index (χ3n) is 1.45. The van der Waals surface area contributed by atoms with Crippen LogP contribution in [0.3, 0.4) is 0 Å². The number of benzene rings is 1. The highest BCUT2D eigenvalue weighted by Crippen LogP contribution is 2.12. The normalized spacial score (nSPS) is 12.4. The zero-order valence-corrected chi connectivity index (χ0v) is 8.18. The highest BCUT2D eigenvalue weighted by Gasteiger charge is 2.12. The van der Waals surface area contributed by atoms with Gasteiger partial charge in [-0.2, -0.15) is 0 Å². The van der Waals surface area contributed by atoms with Crippen LogP contribution in [0.5, 0.6) is 5.75 Å². The van der Waals surface area contributed by atoms with E-state index in [-0.39, 0.29) is 6.42 Å². The molecule has 0 aliphatic rings. The number of hydrogen-bond acceptors (Lipinski definition) is 4. The largest absolute Gasteiger partial charge is 0.426 e. The Morgan fingerprint density at radius 2 is 2.07 bits per heavy atom. The van der Waals surface area contributed by atoms with Crippen LogP contribution in [0, 0.1) is 0 Å². The van der Waals surface area contributed by atoms with Gasteiger partial charge in [0.1, 0.15) is 11.6 Å². The summed E-state index contributed by atoms with van der Waals surface area (Å²) >= 11 is 0. The number of aliphatic hydroxyl groups excluding tert-OH is 1. The molecular weight excluding hydrogens is 203 g/mol. The third kappa shape index (κ3) is 3.64. The van der Waals surface area contributed by atoms with Crippen LogP contribution in [0.2, 0.25) is 0 Å². The lowest BCUT2D eigenvalue weighted by Gasteiger charge is -2.03. The van der Waals surface area contributed by atoms with Gasteiger partial charge in [-0.3, -0.25) is 9.36 Å². The number of carbonyl (C=O) groups is 1. The van der Waals surface area contributed by atoms with Crippen LogP contribution in [0.15, 0.2) is 30.3 Å². The predicted octanol–water partition coefficient (Wildman–Crippen LogP) is 1.59. The average Bonchev–Trinajstić information content (AvgIpc) is 2.19. The van der Waals surface area contributed by atoms with Crippen LogP contribution >= 0.6 is 8.46 Å². The number of hydrogen-bond donors (Lipinski definition) is 1. The van der Waals surface area contributed by atoms with Crippen LogP contribution in [-0.2, 0) is 9.36 Å². The van der Waals surface area contributed by atoms with Crippen LogP contribution in [0.4, 0.5) is 0 Å². The Bertz CT molecular complexity index is 312. The molecule has 0 saturated heterocycles. The van der Waals surface area contributed by atoms with Gasteiger partial charge in [-0.1, -0.05) is 18.2 Å². The minimum atomic E-state index is -1.19. The highest BCUT2D eigenvalue weighted by atomic mass is 31.1. The van der Waals surface area contributed by atoms with Crippen molar-refractivity contribution in [2.24, 2.45) is 0 Å². The second-order valence-electron chi connectivity index (χ2n) is 2.58. The molecular formula is C9H9O4P. The fraction of sp³-hybridized carbons (Fsp3) is 0.222. The molecule has 0 aromatic heterocycles. The van der Waals surface area contributed by atoms with Crippen molar-refractivity contribution >= 4 is 14.4 Å². The van der Waals surface area contributed by atoms with Crippen molar-refractivity contribution in [1.29, 1.82) is 0 Å². The number of rotatable bonds is 4. The zero-order chi connectivity index (χ0) is 10.4. The van der Waals surface area contributed by atoms with E-state index in [4.69, 9.17) is 9.84 Å². The van der Waals surface area contributed by atoms with E-state index in [0.29, 0.717) is 5.75 Å². The van der Waals surface area contributed by atoms with E-state index in [1.54, 1.807) is 30.3 Å². The van der Waals surface area contributed by atoms with Gasteiger partial charge in [0.15, 0.2) is 8.46 Å². The first-order valence-electron chi connectivity index (χ1n) is 3.98. The summed E-state index contributed by atoms with van der Waals surface area (Å²) in [5.41, 5.74) is 0. The van der Waals surface area contributed by atoms with Crippen LogP contribution in [0.25, 0.3) is 0 Å². The van der Waals surface area contributed by atoms with Gasteiger partial charge in [-0.15, -0.1) is 0 Å². The Morgan fingerprint density at radius 1 is 1.43 bits per heavy atom. The second-order valence-corrected chi connectivity index (χ2v) is 3.38. The van der Waals surface area contributed by atoms with Crippen molar-refractivity contribution in [3.8, 4) is 5.75 Å². The molecule has 0 radical (unpaired) electrons. The first-order valence-corrected chi connectivity index (χ1v) is 4.87. The van der Waals surface area contributed by atoms with E-state index in [1.165, 1.54) is 0 Å². The van der Waals surface area contributed by atoms with E-state index in [2.05, 4.69) is 0 Å². The molecule has 4 nitrogen and oxygen atoms in total. The van der Waals surface area contributed by atoms with Crippen molar-refractivity contribution in [1.82, 2.24) is 0 Å². The van der Waals surface area contributed by atoms with E-state index < -0.39 is 20.3 Å². The minimum Gasteiger partial charge on any atom is -0.426 e. The van der Waals surface area contributed by atoms with Crippen molar-refractivity contribution in [2.75, 3.05) is 0 Å². The molecule has 1 rings (SSSR count). The summed E-state index contributed by atoms with van der Waals surface area (Å²) < 4.78 is 15.0. The lowest BCUT2D eigenvalue weighted by molar-refractivity contribution is -0.135. The van der Waals surface area contributed by atoms with Crippen molar-refractivity contribution < 1.29 is 19.2 Å². The Balaban J connectivity index is 2.46. The number of ether oxygens (including phenoxy) is 1. The van der Waals surface area contributed by atoms with Crippen molar-refractivity contribution in [3.05, 3.63) is 30.3 Å². The Hall–Kier alpha value is -1.25. The van der Waals surface area contributed by atoms with Gasteiger partial charge in [-0.05, 0) is 12.1 Å². The van der Waals surface area contributed by atoms with E-state index in [0.717, 1.165) is 0 Å². The Labute approximate surface area is 82.7 Å². The maximum atomic E-state index is 11.1. The number of carbonyl (C=O) groups excluding carboxylic acids is 1. The molecule has 74 valence electrons. The summed E-state index contributed by atoms with van der Waals surface area (Å²) in [4.78, 5) is 11.1. The van der Waals surface area contributed by atoms with E-state index >= 15 is 0 Å². The monoisotopic (exact) mass is 212 g/mol. The number of para-hydroxylation sites is 1. The highest BCUT2D eigenvalue weighted by molar-refractivity contribution is 7.24. The first kappa shape index (κ1) is 10.8. The van der Waals surface area contributed by atoms with Crippen LogP contribution < -0.4 is 4.74 Å². The maximum Gasteiger partial charge on any atom is 0.314 e. The van der Waals surface area contributed by atoms with Crippen LogP contribution in [0.1, 0.15) is 6.42 Å². The van der Waals surface area contributed by atoms with Gasteiger partial charge in [0.2, 0.25) is 0 Å². The van der Waals surface area contributed by atoms with Gasteiger partial charge in [-0.25, -0.2) is 0 Å². The van der Waals surface area contributed by atoms with Gasteiger partial charge >= 0.3 is 5.97 Å². The summed E-state index contributed by atoms with van der Waals surface area (Å²) in [5, 5.41) is 8.88. The zero-order valence-electron chi connectivity index (χ0n) is 7.29. The third-order valence-corrected chi connectivity index (χ3v) is 1.87. The quantitative estimate of drug-likeness (QED) is 0.467. The average molecular weight is 212 g/mol. The SMILES string of the molecule is O=PC(O)CC(=O)Oc1ccccc1. The molecule has 0 fully saturated rings. The van der Waals surface area contributed by atoms with E-state index in [9.17, 15) is 9.36 Å². The predicted molar refractivity (Wildman–Crippen MR) is 50.3 cm³/mol. The lowest BCUT2D eigenvalue weighted by Crippen LogP contribution is -2.13. The van der Waals surface area contributed by atoms with Crippen molar-refractivity contribution in [2.45, 2.75) is 12.3 Å². The van der Waals surface area contributed by atoms with Crippen molar-refractivity contribution in [3.63, 3.8) is 0 Å². The summed E-state index contributed by atoms with van der Waals surface area (Å²) in [5.74, 6) is -1.38. The topological polar surface area (TPSA) is 63.6 Å². The molecule has 0 bridgehead atoms. The molecule has 0 aliphatic heterocycles. The summed E-state index contributed by atoms with van der Waals surface area (Å²) in [6.45, 7) is 0. The number of esters is 1. The molecule has 1 unspecified atom stereocenters. The molecule has 0 spiro atoms. The smallest absolute Gasteiger partial charge is 0.314 e.